The van der Waals surface area contributed by atoms with Crippen LogP contribution in [0, 0.1) is 19.8 Å². The zero-order valence-corrected chi connectivity index (χ0v) is 18.1. The van der Waals surface area contributed by atoms with Crippen molar-refractivity contribution in [3.8, 4) is 5.69 Å². The number of aryl methyl sites for hydroxylation is 2. The fourth-order valence-corrected chi connectivity index (χ4v) is 4.97. The van der Waals surface area contributed by atoms with Crippen LogP contribution in [-0.2, 0) is 4.79 Å². The standard InChI is InChI=1S/C21H22N8OS/c1-13-14(2)31-21-18(13)19(22-11-23-21)28-9-7-15(8-10-28)20(30)25-16-3-5-17(6-4-16)29-12-24-26-27-29/h3-6,11-12,15H,7-10H2,1-2H3,(H,25,30). The van der Waals surface area contributed by atoms with Crippen LogP contribution in [-0.4, -0.2) is 49.2 Å². The summed E-state index contributed by atoms with van der Waals surface area (Å²) in [5, 5.41) is 15.3. The van der Waals surface area contributed by atoms with Gasteiger partial charge in [-0.25, -0.2) is 14.6 Å². The van der Waals surface area contributed by atoms with Crippen molar-refractivity contribution in [1.82, 2.24) is 30.2 Å². The number of piperidine rings is 1. The summed E-state index contributed by atoms with van der Waals surface area (Å²) in [6, 6.07) is 7.48. The molecule has 0 unspecified atom stereocenters. The van der Waals surface area contributed by atoms with Crippen LogP contribution >= 0.6 is 11.3 Å². The Balaban J connectivity index is 1.23. The van der Waals surface area contributed by atoms with Crippen molar-refractivity contribution < 1.29 is 4.79 Å². The molecule has 3 aromatic heterocycles. The summed E-state index contributed by atoms with van der Waals surface area (Å²) in [5.41, 5.74) is 2.86. The molecule has 1 aliphatic rings. The van der Waals surface area contributed by atoms with Gasteiger partial charge in [-0.15, -0.1) is 16.4 Å². The number of nitrogens with one attached hydrogen (secondary N) is 1. The topological polar surface area (TPSA) is 102 Å². The van der Waals surface area contributed by atoms with Gasteiger partial charge in [0.25, 0.3) is 0 Å². The van der Waals surface area contributed by atoms with Gasteiger partial charge >= 0.3 is 0 Å². The highest BCUT2D eigenvalue weighted by molar-refractivity contribution is 7.18. The minimum absolute atomic E-state index is 0.0157. The van der Waals surface area contributed by atoms with Gasteiger partial charge in [-0.05, 0) is 66.9 Å². The lowest BCUT2D eigenvalue weighted by Crippen LogP contribution is -2.38. The molecule has 1 aliphatic heterocycles. The number of hydrogen-bond acceptors (Lipinski definition) is 8. The van der Waals surface area contributed by atoms with Crippen LogP contribution in [0.15, 0.2) is 36.9 Å². The van der Waals surface area contributed by atoms with Crippen molar-refractivity contribution in [2.75, 3.05) is 23.3 Å². The van der Waals surface area contributed by atoms with E-state index in [0.717, 1.165) is 53.3 Å². The molecule has 1 saturated heterocycles. The number of fused-ring (bicyclic) bond motifs is 1. The largest absolute Gasteiger partial charge is 0.356 e. The summed E-state index contributed by atoms with van der Waals surface area (Å²) >= 11 is 1.71. The van der Waals surface area contributed by atoms with Gasteiger partial charge in [0.05, 0.1) is 11.1 Å². The van der Waals surface area contributed by atoms with Crippen molar-refractivity contribution >= 4 is 39.0 Å². The third-order valence-corrected chi connectivity index (χ3v) is 6.97. The highest BCUT2D eigenvalue weighted by atomic mass is 32.1. The SMILES string of the molecule is Cc1sc2ncnc(N3CCC(C(=O)Nc4ccc(-n5cnnn5)cc4)CC3)c2c1C. The number of rotatable bonds is 4. The van der Waals surface area contributed by atoms with E-state index < -0.39 is 0 Å². The molecule has 0 atom stereocenters. The number of nitrogens with zero attached hydrogens (tertiary/aromatic N) is 7. The van der Waals surface area contributed by atoms with Gasteiger partial charge in [0, 0.05) is 29.6 Å². The van der Waals surface area contributed by atoms with Crippen molar-refractivity contribution in [2.24, 2.45) is 5.92 Å². The maximum atomic E-state index is 12.8. The summed E-state index contributed by atoms with van der Waals surface area (Å²) in [4.78, 5) is 26.4. The lowest BCUT2D eigenvalue weighted by Gasteiger charge is -2.32. The van der Waals surface area contributed by atoms with Crippen LogP contribution in [0.1, 0.15) is 23.3 Å². The molecule has 10 heteroatoms. The summed E-state index contributed by atoms with van der Waals surface area (Å²) in [5.74, 6) is 1.03. The van der Waals surface area contributed by atoms with E-state index in [1.807, 2.05) is 24.3 Å². The average Bonchev–Trinajstić information content (AvgIpc) is 3.43. The normalized spacial score (nSPS) is 14.8. The monoisotopic (exact) mass is 434 g/mol. The summed E-state index contributed by atoms with van der Waals surface area (Å²) < 4.78 is 1.57. The Bertz CT molecular complexity index is 1210. The zero-order chi connectivity index (χ0) is 21.4. The fraction of sp³-hybridized carbons (Fsp3) is 0.333. The minimum atomic E-state index is -0.0157. The molecular weight excluding hydrogens is 412 g/mol. The van der Waals surface area contributed by atoms with Gasteiger partial charge in [0.1, 0.15) is 23.3 Å². The second-order valence-electron chi connectivity index (χ2n) is 7.71. The molecule has 0 saturated carbocycles. The number of benzene rings is 1. The molecule has 4 heterocycles. The summed E-state index contributed by atoms with van der Waals surface area (Å²) in [6.07, 6.45) is 4.76. The van der Waals surface area contributed by atoms with Crippen molar-refractivity contribution in [1.29, 1.82) is 0 Å². The Morgan fingerprint density at radius 1 is 1.13 bits per heavy atom. The minimum Gasteiger partial charge on any atom is -0.356 e. The van der Waals surface area contributed by atoms with Gasteiger partial charge in [-0.2, -0.15) is 0 Å². The molecule has 9 nitrogen and oxygen atoms in total. The first kappa shape index (κ1) is 19.6. The lowest BCUT2D eigenvalue weighted by molar-refractivity contribution is -0.120. The smallest absolute Gasteiger partial charge is 0.227 e. The fourth-order valence-electron chi connectivity index (χ4n) is 3.98. The molecule has 0 aliphatic carbocycles. The van der Waals surface area contributed by atoms with E-state index in [1.165, 1.54) is 16.8 Å². The second kappa shape index (κ2) is 8.03. The van der Waals surface area contributed by atoms with E-state index in [9.17, 15) is 4.79 Å². The Hall–Kier alpha value is -3.40. The van der Waals surface area contributed by atoms with Crippen LogP contribution in [0.2, 0.25) is 0 Å². The molecule has 1 fully saturated rings. The van der Waals surface area contributed by atoms with Crippen molar-refractivity contribution in [2.45, 2.75) is 26.7 Å². The van der Waals surface area contributed by atoms with E-state index in [-0.39, 0.29) is 11.8 Å². The third kappa shape index (κ3) is 3.74. The Morgan fingerprint density at radius 3 is 2.61 bits per heavy atom. The van der Waals surface area contributed by atoms with E-state index in [2.05, 4.69) is 49.6 Å². The van der Waals surface area contributed by atoms with Gasteiger partial charge in [-0.3, -0.25) is 4.79 Å². The van der Waals surface area contributed by atoms with E-state index in [0.29, 0.717) is 0 Å². The van der Waals surface area contributed by atoms with Crippen LogP contribution < -0.4 is 10.2 Å². The van der Waals surface area contributed by atoms with Crippen LogP contribution in [0.4, 0.5) is 11.5 Å². The first-order valence-electron chi connectivity index (χ1n) is 10.2. The molecule has 1 aromatic carbocycles. The zero-order valence-electron chi connectivity index (χ0n) is 17.3. The number of aromatic nitrogens is 6. The number of tetrazole rings is 1. The average molecular weight is 435 g/mol. The van der Waals surface area contributed by atoms with Gasteiger partial charge in [0.15, 0.2) is 0 Å². The van der Waals surface area contributed by atoms with Crippen LogP contribution in [0.5, 0.6) is 0 Å². The predicted molar refractivity (Wildman–Crippen MR) is 120 cm³/mol. The third-order valence-electron chi connectivity index (χ3n) is 5.86. The number of carbonyl (C=O) groups excluding carboxylic acids is 1. The van der Waals surface area contributed by atoms with Gasteiger partial charge < -0.3 is 10.2 Å². The maximum Gasteiger partial charge on any atom is 0.227 e. The molecular formula is C21H22N8OS. The molecule has 1 N–H and O–H groups in total. The van der Waals surface area contributed by atoms with Gasteiger partial charge in [-0.1, -0.05) is 0 Å². The molecule has 0 bridgehead atoms. The predicted octanol–water partition coefficient (Wildman–Crippen LogP) is 3.14. The second-order valence-corrected chi connectivity index (χ2v) is 8.92. The Kier molecular flexibility index (Phi) is 5.06. The van der Waals surface area contributed by atoms with Crippen LogP contribution in [0.25, 0.3) is 15.9 Å². The van der Waals surface area contributed by atoms with Gasteiger partial charge in [0.2, 0.25) is 5.91 Å². The molecule has 31 heavy (non-hydrogen) atoms. The summed E-state index contributed by atoms with van der Waals surface area (Å²) in [7, 11) is 0. The summed E-state index contributed by atoms with van der Waals surface area (Å²) in [6.45, 7) is 5.86. The Labute approximate surface area is 183 Å². The molecule has 0 radical (unpaired) electrons. The highest BCUT2D eigenvalue weighted by Gasteiger charge is 2.27. The molecule has 158 valence electrons. The maximum absolute atomic E-state index is 12.8. The van der Waals surface area contributed by atoms with E-state index in [4.69, 9.17) is 0 Å². The number of thiophene rings is 1. The number of anilines is 2. The van der Waals surface area contributed by atoms with E-state index >= 15 is 0 Å². The Morgan fingerprint density at radius 2 is 1.90 bits per heavy atom. The molecule has 1 amide bonds. The molecule has 5 rings (SSSR count). The quantitative estimate of drug-likeness (QED) is 0.526. The number of amides is 1. The number of carbonyl (C=O) groups is 1. The lowest BCUT2D eigenvalue weighted by atomic mass is 9.95. The van der Waals surface area contributed by atoms with E-state index in [1.54, 1.807) is 22.3 Å². The van der Waals surface area contributed by atoms with Crippen molar-refractivity contribution in [3.63, 3.8) is 0 Å². The van der Waals surface area contributed by atoms with Crippen molar-refractivity contribution in [3.05, 3.63) is 47.4 Å². The number of hydrogen-bond donors (Lipinski definition) is 1. The molecule has 0 spiro atoms. The molecule has 4 aromatic rings. The first-order valence-corrected chi connectivity index (χ1v) is 11.0. The van der Waals surface area contributed by atoms with Crippen LogP contribution in [0.3, 0.4) is 0 Å². The highest BCUT2D eigenvalue weighted by Crippen LogP contribution is 2.35. The first-order chi connectivity index (χ1) is 15.1.